The molecule has 0 saturated heterocycles. The lowest BCUT2D eigenvalue weighted by atomic mass is 10.1. The number of hydrogen-bond donors (Lipinski definition) is 3. The number of carbonyl (C=O) groups is 1. The maximum absolute atomic E-state index is 12.3. The molecule has 0 bridgehead atoms. The van der Waals surface area contributed by atoms with E-state index >= 15 is 0 Å². The number of nitrogens with zero attached hydrogens (tertiary/aromatic N) is 3. The lowest BCUT2D eigenvalue weighted by Crippen LogP contribution is -2.22. The Labute approximate surface area is 152 Å². The summed E-state index contributed by atoms with van der Waals surface area (Å²) in [6.07, 6.45) is 1.28. The molecule has 27 heavy (non-hydrogen) atoms. The summed E-state index contributed by atoms with van der Waals surface area (Å²) in [5.41, 5.74) is 2.60. The van der Waals surface area contributed by atoms with Crippen LogP contribution in [0.5, 0.6) is 0 Å². The van der Waals surface area contributed by atoms with Gasteiger partial charge in [-0.1, -0.05) is 24.3 Å². The van der Waals surface area contributed by atoms with Crippen molar-refractivity contribution in [2.24, 2.45) is 5.10 Å². The van der Waals surface area contributed by atoms with Crippen LogP contribution in [0.15, 0.2) is 52.4 Å². The smallest absolute Gasteiger partial charge is 0.292 e. The van der Waals surface area contributed by atoms with E-state index in [4.69, 9.17) is 0 Å². The molecule has 0 aliphatic heterocycles. The van der Waals surface area contributed by atoms with Gasteiger partial charge in [0.05, 0.1) is 16.5 Å². The quantitative estimate of drug-likeness (QED) is 0.356. The molecular weight excluding hydrogens is 352 g/mol. The summed E-state index contributed by atoms with van der Waals surface area (Å²) in [5.74, 6) is -0.625. The summed E-state index contributed by atoms with van der Waals surface area (Å²) in [6.45, 7) is 0. The van der Waals surface area contributed by atoms with Crippen molar-refractivity contribution in [1.29, 1.82) is 0 Å². The Bertz CT molecular complexity index is 1120. The number of nitrogens with one attached hydrogen (secondary N) is 3. The lowest BCUT2D eigenvalue weighted by molar-refractivity contribution is -0.383. The average Bonchev–Trinajstić information content (AvgIpc) is 2.68. The van der Waals surface area contributed by atoms with Gasteiger partial charge < -0.3 is 5.32 Å². The van der Waals surface area contributed by atoms with E-state index in [1.807, 2.05) is 0 Å². The highest BCUT2D eigenvalue weighted by Gasteiger charge is 2.14. The van der Waals surface area contributed by atoms with Crippen molar-refractivity contribution in [3.8, 4) is 0 Å². The third kappa shape index (κ3) is 3.63. The molecule has 1 heterocycles. The SMILES string of the molecule is CNc1ccc(/C=N/NC(=O)c2n[nH]c(=O)c3ccccc23)cc1[N+](=O)[O-]. The van der Waals surface area contributed by atoms with Crippen molar-refractivity contribution in [2.75, 3.05) is 12.4 Å². The molecule has 3 N–H and O–H groups in total. The fraction of sp³-hybridized carbons (Fsp3) is 0.0588. The van der Waals surface area contributed by atoms with Gasteiger partial charge in [0, 0.05) is 24.1 Å². The predicted octanol–water partition coefficient (Wildman–Crippen LogP) is 1.64. The van der Waals surface area contributed by atoms with Gasteiger partial charge >= 0.3 is 0 Å². The van der Waals surface area contributed by atoms with Gasteiger partial charge in [0.1, 0.15) is 5.69 Å². The van der Waals surface area contributed by atoms with E-state index in [1.54, 1.807) is 37.4 Å². The molecule has 136 valence electrons. The third-order valence-electron chi connectivity index (χ3n) is 3.78. The highest BCUT2D eigenvalue weighted by Crippen LogP contribution is 2.24. The molecule has 0 aliphatic carbocycles. The van der Waals surface area contributed by atoms with Crippen LogP contribution in [0.3, 0.4) is 0 Å². The molecule has 3 rings (SSSR count). The number of H-pyrrole nitrogens is 1. The molecule has 0 radical (unpaired) electrons. The van der Waals surface area contributed by atoms with Crippen LogP contribution in [0.4, 0.5) is 11.4 Å². The molecule has 0 aliphatic rings. The molecular formula is C17H14N6O4. The van der Waals surface area contributed by atoms with Crippen molar-refractivity contribution in [3.63, 3.8) is 0 Å². The van der Waals surface area contributed by atoms with Crippen molar-refractivity contribution in [2.45, 2.75) is 0 Å². The minimum atomic E-state index is -0.625. The largest absolute Gasteiger partial charge is 0.383 e. The van der Waals surface area contributed by atoms with Gasteiger partial charge in [0.25, 0.3) is 17.2 Å². The third-order valence-corrected chi connectivity index (χ3v) is 3.78. The fourth-order valence-electron chi connectivity index (χ4n) is 2.50. The Kier molecular flexibility index (Phi) is 4.88. The van der Waals surface area contributed by atoms with E-state index in [-0.39, 0.29) is 11.4 Å². The molecule has 3 aromatic rings. The van der Waals surface area contributed by atoms with Crippen LogP contribution in [0.1, 0.15) is 16.1 Å². The maximum atomic E-state index is 12.3. The average molecular weight is 366 g/mol. The first kappa shape index (κ1) is 17.7. The number of carbonyl (C=O) groups excluding carboxylic acids is 1. The van der Waals surface area contributed by atoms with Crippen molar-refractivity contribution in [1.82, 2.24) is 15.6 Å². The number of hydrazone groups is 1. The minimum absolute atomic E-state index is 0.0128. The topological polar surface area (TPSA) is 142 Å². The maximum Gasteiger partial charge on any atom is 0.292 e. The number of nitro groups is 1. The van der Waals surface area contributed by atoms with Crippen molar-refractivity contribution < 1.29 is 9.72 Å². The van der Waals surface area contributed by atoms with E-state index in [9.17, 15) is 19.7 Å². The first-order chi connectivity index (χ1) is 13.0. The number of amides is 1. The standard InChI is InChI=1S/C17H14N6O4/c1-18-13-7-6-10(8-14(13)23(26)27)9-19-21-17(25)15-11-4-2-3-5-12(11)16(24)22-20-15/h2-9,18H,1H3,(H,21,25)(H,22,24)/b19-9+. The molecule has 0 atom stereocenters. The van der Waals surface area contributed by atoms with Gasteiger partial charge in [-0.15, -0.1) is 0 Å². The number of anilines is 1. The van der Waals surface area contributed by atoms with Gasteiger partial charge in [-0.05, 0) is 12.1 Å². The van der Waals surface area contributed by atoms with Crippen LogP contribution in [-0.2, 0) is 0 Å². The summed E-state index contributed by atoms with van der Waals surface area (Å²) in [5, 5.41) is 24.4. The number of fused-ring (bicyclic) bond motifs is 1. The van der Waals surface area contributed by atoms with E-state index in [2.05, 4.69) is 26.0 Å². The van der Waals surface area contributed by atoms with Crippen molar-refractivity contribution in [3.05, 3.63) is 74.2 Å². The molecule has 1 aromatic heterocycles. The molecule has 0 unspecified atom stereocenters. The summed E-state index contributed by atoms with van der Waals surface area (Å²) in [6, 6.07) is 11.0. The minimum Gasteiger partial charge on any atom is -0.383 e. The molecule has 1 amide bonds. The Morgan fingerprint density at radius 1 is 1.26 bits per heavy atom. The molecule has 0 fully saturated rings. The first-order valence-corrected chi connectivity index (χ1v) is 7.78. The number of aromatic nitrogens is 2. The number of aromatic amines is 1. The van der Waals surface area contributed by atoms with Crippen LogP contribution < -0.4 is 16.3 Å². The zero-order chi connectivity index (χ0) is 19.4. The van der Waals surface area contributed by atoms with Crippen LogP contribution in [-0.4, -0.2) is 34.3 Å². The van der Waals surface area contributed by atoms with E-state index < -0.39 is 16.4 Å². The zero-order valence-electron chi connectivity index (χ0n) is 14.1. The fourth-order valence-corrected chi connectivity index (χ4v) is 2.50. The Morgan fingerprint density at radius 3 is 2.70 bits per heavy atom. The second kappa shape index (κ2) is 7.44. The summed E-state index contributed by atoms with van der Waals surface area (Å²) >= 11 is 0. The van der Waals surface area contributed by atoms with Crippen LogP contribution in [0.25, 0.3) is 10.8 Å². The highest BCUT2D eigenvalue weighted by molar-refractivity contribution is 6.04. The van der Waals surface area contributed by atoms with E-state index in [0.717, 1.165) is 0 Å². The normalized spacial score (nSPS) is 10.9. The molecule has 10 heteroatoms. The highest BCUT2D eigenvalue weighted by atomic mass is 16.6. The number of benzene rings is 2. The predicted molar refractivity (Wildman–Crippen MR) is 100 cm³/mol. The van der Waals surface area contributed by atoms with Gasteiger partial charge in [-0.2, -0.15) is 10.2 Å². The summed E-state index contributed by atoms with van der Waals surface area (Å²) < 4.78 is 0. The zero-order valence-corrected chi connectivity index (χ0v) is 14.1. The van der Waals surface area contributed by atoms with Crippen LogP contribution in [0, 0.1) is 10.1 Å². The number of nitro benzene ring substituents is 1. The molecule has 0 saturated carbocycles. The Balaban J connectivity index is 1.82. The second-order valence-electron chi connectivity index (χ2n) is 5.43. The van der Waals surface area contributed by atoms with Gasteiger partial charge in [-0.3, -0.25) is 19.7 Å². The summed E-state index contributed by atoms with van der Waals surface area (Å²) in [7, 11) is 1.58. The molecule has 10 nitrogen and oxygen atoms in total. The molecule has 2 aromatic carbocycles. The van der Waals surface area contributed by atoms with E-state index in [1.165, 1.54) is 18.3 Å². The van der Waals surface area contributed by atoms with Gasteiger partial charge in [-0.25, -0.2) is 10.5 Å². The summed E-state index contributed by atoms with van der Waals surface area (Å²) in [4.78, 5) is 34.6. The first-order valence-electron chi connectivity index (χ1n) is 7.78. The number of rotatable bonds is 5. The van der Waals surface area contributed by atoms with Crippen LogP contribution >= 0.6 is 0 Å². The second-order valence-corrected chi connectivity index (χ2v) is 5.43. The molecule has 0 spiro atoms. The Morgan fingerprint density at radius 2 is 2.00 bits per heavy atom. The lowest BCUT2D eigenvalue weighted by Gasteiger charge is -2.04. The Hall–Kier alpha value is -4.08. The van der Waals surface area contributed by atoms with E-state index in [0.29, 0.717) is 22.0 Å². The number of hydrogen-bond acceptors (Lipinski definition) is 7. The van der Waals surface area contributed by atoms with Gasteiger partial charge in [0.2, 0.25) is 0 Å². The van der Waals surface area contributed by atoms with Gasteiger partial charge in [0.15, 0.2) is 5.69 Å². The monoisotopic (exact) mass is 366 g/mol. The van der Waals surface area contributed by atoms with Crippen molar-refractivity contribution >= 4 is 34.3 Å². The van der Waals surface area contributed by atoms with Crippen LogP contribution in [0.2, 0.25) is 0 Å².